The Labute approximate surface area is 145 Å². The summed E-state index contributed by atoms with van der Waals surface area (Å²) in [5.74, 6) is 0. The van der Waals surface area contributed by atoms with E-state index in [1.54, 1.807) is 26.0 Å². The molecule has 0 aromatic heterocycles. The Bertz CT molecular complexity index is 861. The molecule has 2 aromatic rings. The van der Waals surface area contributed by atoms with Crippen LogP contribution in [0.1, 0.15) is 31.0 Å². The smallest absolute Gasteiger partial charge is 0.256 e. The van der Waals surface area contributed by atoms with Gasteiger partial charge in [-0.05, 0) is 38.5 Å². The van der Waals surface area contributed by atoms with Crippen molar-refractivity contribution in [2.75, 3.05) is 0 Å². The van der Waals surface area contributed by atoms with Gasteiger partial charge in [-0.15, -0.1) is 0 Å². The van der Waals surface area contributed by atoms with E-state index in [9.17, 15) is 12.6 Å². The Balaban J connectivity index is 2.13. The third-order valence-electron chi connectivity index (χ3n) is 3.97. The van der Waals surface area contributed by atoms with E-state index >= 15 is 0 Å². The molecule has 3 rings (SSSR count). The Morgan fingerprint density at radius 1 is 1.04 bits per heavy atom. The molecule has 0 bridgehead atoms. The number of benzene rings is 2. The molecule has 1 fully saturated rings. The summed E-state index contributed by atoms with van der Waals surface area (Å²) in [6, 6.07) is 14.9. The summed E-state index contributed by atoms with van der Waals surface area (Å²) in [4.78, 5) is 0.101. The van der Waals surface area contributed by atoms with Crippen LogP contribution in [-0.4, -0.2) is 21.9 Å². The standard InChI is InChI=1S/C17H19NO4S2/c1-13-9-11-15(12-10-13)24(20,21)18-16(14-7-5-4-6-8-14)17(2,3)22-23(18)19/h4-12,16H,1-3H3/t16-,23+/m0/s1. The first kappa shape index (κ1) is 17.3. The normalized spacial score (nSPS) is 24.1. The van der Waals surface area contributed by atoms with Crippen molar-refractivity contribution in [1.82, 2.24) is 3.71 Å². The first-order valence-electron chi connectivity index (χ1n) is 7.51. The molecule has 0 unspecified atom stereocenters. The van der Waals surface area contributed by atoms with E-state index < -0.39 is 32.9 Å². The van der Waals surface area contributed by atoms with Gasteiger partial charge in [0, 0.05) is 0 Å². The van der Waals surface area contributed by atoms with Gasteiger partial charge in [0.2, 0.25) is 0 Å². The van der Waals surface area contributed by atoms with Gasteiger partial charge < -0.3 is 0 Å². The minimum Gasteiger partial charge on any atom is -0.269 e. The van der Waals surface area contributed by atoms with Gasteiger partial charge in [0.05, 0.1) is 10.9 Å². The molecule has 7 heteroatoms. The molecule has 24 heavy (non-hydrogen) atoms. The second-order valence-corrected chi connectivity index (χ2v) is 9.33. The Hall–Kier alpha value is -1.54. The van der Waals surface area contributed by atoms with Crippen molar-refractivity contribution in [2.24, 2.45) is 0 Å². The monoisotopic (exact) mass is 365 g/mol. The molecule has 0 N–H and O–H groups in total. The maximum atomic E-state index is 13.1. The quantitative estimate of drug-likeness (QED) is 0.838. The number of rotatable bonds is 3. The zero-order valence-electron chi connectivity index (χ0n) is 13.7. The minimum absolute atomic E-state index is 0.101. The van der Waals surface area contributed by atoms with Crippen molar-refractivity contribution in [1.29, 1.82) is 0 Å². The summed E-state index contributed by atoms with van der Waals surface area (Å²) >= 11 is -2.09. The third kappa shape index (κ3) is 2.93. The van der Waals surface area contributed by atoms with Gasteiger partial charge in [-0.25, -0.2) is 12.6 Å². The van der Waals surface area contributed by atoms with Gasteiger partial charge in [-0.3, -0.25) is 4.18 Å². The van der Waals surface area contributed by atoms with Gasteiger partial charge in [0.25, 0.3) is 21.3 Å². The van der Waals surface area contributed by atoms with E-state index in [4.69, 9.17) is 4.18 Å². The van der Waals surface area contributed by atoms with Crippen molar-refractivity contribution in [3.8, 4) is 0 Å². The van der Waals surface area contributed by atoms with Crippen molar-refractivity contribution >= 4 is 21.3 Å². The van der Waals surface area contributed by atoms with Crippen LogP contribution in [0.5, 0.6) is 0 Å². The summed E-state index contributed by atoms with van der Waals surface area (Å²) in [6.45, 7) is 5.36. The maximum absolute atomic E-state index is 13.1. The van der Waals surface area contributed by atoms with Crippen LogP contribution in [0.25, 0.3) is 0 Å². The van der Waals surface area contributed by atoms with Crippen LogP contribution in [0.4, 0.5) is 0 Å². The highest BCUT2D eigenvalue weighted by atomic mass is 32.3. The molecule has 1 aliphatic heterocycles. The maximum Gasteiger partial charge on any atom is 0.256 e. The fourth-order valence-electron chi connectivity index (χ4n) is 2.80. The van der Waals surface area contributed by atoms with Crippen LogP contribution in [-0.2, 0) is 25.5 Å². The Morgan fingerprint density at radius 2 is 1.62 bits per heavy atom. The molecule has 0 spiro atoms. The highest BCUT2D eigenvalue weighted by Crippen LogP contribution is 2.45. The molecule has 128 valence electrons. The van der Waals surface area contributed by atoms with Crippen molar-refractivity contribution in [2.45, 2.75) is 37.3 Å². The van der Waals surface area contributed by atoms with Crippen LogP contribution >= 0.6 is 0 Å². The second kappa shape index (κ2) is 6.07. The van der Waals surface area contributed by atoms with Gasteiger partial charge >= 0.3 is 0 Å². The third-order valence-corrected chi connectivity index (χ3v) is 7.56. The minimum atomic E-state index is -3.96. The van der Waals surface area contributed by atoms with Crippen LogP contribution in [0.2, 0.25) is 0 Å². The van der Waals surface area contributed by atoms with E-state index in [0.717, 1.165) is 14.8 Å². The molecule has 0 amide bonds. The lowest BCUT2D eigenvalue weighted by Gasteiger charge is -2.27. The molecule has 1 aliphatic rings. The fourth-order valence-corrected chi connectivity index (χ4v) is 6.21. The lowest BCUT2D eigenvalue weighted by Crippen LogP contribution is -2.37. The fraction of sp³-hybridized carbons (Fsp3) is 0.294. The number of hydrogen-bond donors (Lipinski definition) is 0. The molecule has 2 atom stereocenters. The lowest BCUT2D eigenvalue weighted by molar-refractivity contribution is 0.114. The van der Waals surface area contributed by atoms with Gasteiger partial charge in [-0.2, -0.15) is 0 Å². The van der Waals surface area contributed by atoms with Crippen LogP contribution in [0, 0.1) is 6.92 Å². The topological polar surface area (TPSA) is 63.7 Å². The van der Waals surface area contributed by atoms with Crippen LogP contribution in [0.15, 0.2) is 59.5 Å². The first-order valence-corrected chi connectivity index (χ1v) is 9.98. The SMILES string of the molecule is Cc1ccc(S(=O)(=O)N2[C@@H](c3ccccc3)C(C)(C)O[S@]2=O)cc1. The zero-order chi connectivity index (χ0) is 17.5. The van der Waals surface area contributed by atoms with E-state index in [1.165, 1.54) is 12.1 Å². The average Bonchev–Trinajstić information content (AvgIpc) is 2.78. The summed E-state index contributed by atoms with van der Waals surface area (Å²) in [5.41, 5.74) is 0.779. The molecule has 5 nitrogen and oxygen atoms in total. The highest BCUT2D eigenvalue weighted by molar-refractivity contribution is 7.99. The van der Waals surface area contributed by atoms with Gasteiger partial charge in [0.1, 0.15) is 5.60 Å². The zero-order valence-corrected chi connectivity index (χ0v) is 15.3. The number of aryl methyl sites for hydroxylation is 1. The molecule has 1 heterocycles. The van der Waals surface area contributed by atoms with Crippen LogP contribution in [0.3, 0.4) is 0 Å². The van der Waals surface area contributed by atoms with E-state index in [2.05, 4.69) is 0 Å². The molecule has 1 saturated heterocycles. The highest BCUT2D eigenvalue weighted by Gasteiger charge is 2.53. The number of sulfonamides is 1. The lowest BCUT2D eigenvalue weighted by atomic mass is 9.93. The number of hydrogen-bond acceptors (Lipinski definition) is 4. The average molecular weight is 365 g/mol. The molecule has 2 aromatic carbocycles. The van der Waals surface area contributed by atoms with E-state index in [1.807, 2.05) is 37.3 Å². The summed E-state index contributed by atoms with van der Waals surface area (Å²) < 4.78 is 45.1. The summed E-state index contributed by atoms with van der Waals surface area (Å²) in [5, 5.41) is 0. The molecular weight excluding hydrogens is 346 g/mol. The Kier molecular flexibility index (Phi) is 4.37. The first-order chi connectivity index (χ1) is 11.2. The largest absolute Gasteiger partial charge is 0.269 e. The van der Waals surface area contributed by atoms with E-state index in [0.29, 0.717) is 0 Å². The summed E-state index contributed by atoms with van der Waals surface area (Å²) in [6.07, 6.45) is 0. The second-order valence-electron chi connectivity index (χ2n) is 6.29. The van der Waals surface area contributed by atoms with E-state index in [-0.39, 0.29) is 4.90 Å². The van der Waals surface area contributed by atoms with Crippen molar-refractivity contribution < 1.29 is 16.8 Å². The Morgan fingerprint density at radius 3 is 2.21 bits per heavy atom. The summed E-state index contributed by atoms with van der Waals surface area (Å²) in [7, 11) is -3.96. The predicted octanol–water partition coefficient (Wildman–Crippen LogP) is 3.11. The molecule has 0 aliphatic carbocycles. The van der Waals surface area contributed by atoms with Crippen molar-refractivity contribution in [3.63, 3.8) is 0 Å². The molecule has 0 saturated carbocycles. The van der Waals surface area contributed by atoms with Gasteiger partial charge in [-0.1, -0.05) is 51.7 Å². The van der Waals surface area contributed by atoms with Gasteiger partial charge in [0.15, 0.2) is 0 Å². The number of nitrogens with zero attached hydrogens (tertiary/aromatic N) is 1. The predicted molar refractivity (Wildman–Crippen MR) is 92.7 cm³/mol. The van der Waals surface area contributed by atoms with Crippen molar-refractivity contribution in [3.05, 3.63) is 65.7 Å². The molecular formula is C17H19NO4S2. The van der Waals surface area contributed by atoms with Crippen LogP contribution < -0.4 is 0 Å². The molecule has 0 radical (unpaired) electrons.